The van der Waals surface area contributed by atoms with Gasteiger partial charge in [-0.25, -0.2) is 0 Å². The molecule has 0 amide bonds. The fourth-order valence-electron chi connectivity index (χ4n) is 2.52. The van der Waals surface area contributed by atoms with Crippen LogP contribution < -0.4 is 10.1 Å². The van der Waals surface area contributed by atoms with E-state index in [1.165, 1.54) is 31.2 Å². The lowest BCUT2D eigenvalue weighted by Gasteiger charge is -2.20. The lowest BCUT2D eigenvalue weighted by atomic mass is 9.99. The standard InChI is InChI=1S/C19H31NO/c1-5-7-8-9-10-14-19(20-6-2)17-12-11-13-18(15-17)21-16(3)4/h5,11-13,15-16,19-20H,1,6-10,14H2,2-4H3. The van der Waals surface area contributed by atoms with Crippen LogP contribution in [0.15, 0.2) is 36.9 Å². The Hall–Kier alpha value is -1.28. The molecular formula is C19H31NO. The van der Waals surface area contributed by atoms with Gasteiger partial charge in [-0.1, -0.05) is 38.0 Å². The molecule has 0 saturated carbocycles. The van der Waals surface area contributed by atoms with E-state index >= 15 is 0 Å². The smallest absolute Gasteiger partial charge is 0.120 e. The van der Waals surface area contributed by atoms with Gasteiger partial charge in [0.05, 0.1) is 6.10 Å². The third kappa shape index (κ3) is 7.33. The second-order valence-corrected chi connectivity index (χ2v) is 5.78. The maximum Gasteiger partial charge on any atom is 0.120 e. The van der Waals surface area contributed by atoms with Gasteiger partial charge in [-0.3, -0.25) is 0 Å². The van der Waals surface area contributed by atoms with E-state index in [1.54, 1.807) is 0 Å². The highest BCUT2D eigenvalue weighted by Gasteiger charge is 2.11. The number of unbranched alkanes of at least 4 members (excludes halogenated alkanes) is 3. The van der Waals surface area contributed by atoms with Gasteiger partial charge >= 0.3 is 0 Å². The van der Waals surface area contributed by atoms with Crippen molar-refractivity contribution in [3.8, 4) is 5.75 Å². The van der Waals surface area contributed by atoms with Gasteiger partial charge < -0.3 is 10.1 Å². The first-order valence-electron chi connectivity index (χ1n) is 8.28. The van der Waals surface area contributed by atoms with Crippen LogP contribution in [-0.2, 0) is 0 Å². The van der Waals surface area contributed by atoms with Crippen molar-refractivity contribution in [3.05, 3.63) is 42.5 Å². The molecule has 0 aromatic heterocycles. The van der Waals surface area contributed by atoms with Gasteiger partial charge in [0.25, 0.3) is 0 Å². The molecule has 0 aliphatic carbocycles. The Morgan fingerprint density at radius 3 is 2.71 bits per heavy atom. The normalized spacial score (nSPS) is 12.4. The molecule has 118 valence electrons. The summed E-state index contributed by atoms with van der Waals surface area (Å²) in [6.45, 7) is 11.1. The van der Waals surface area contributed by atoms with Crippen LogP contribution in [0.5, 0.6) is 5.75 Å². The lowest BCUT2D eigenvalue weighted by molar-refractivity contribution is 0.242. The highest BCUT2D eigenvalue weighted by atomic mass is 16.5. The number of nitrogens with one attached hydrogen (secondary N) is 1. The van der Waals surface area contributed by atoms with E-state index in [4.69, 9.17) is 4.74 Å². The van der Waals surface area contributed by atoms with Crippen molar-refractivity contribution in [2.24, 2.45) is 0 Å². The summed E-state index contributed by atoms with van der Waals surface area (Å²) in [7, 11) is 0. The van der Waals surface area contributed by atoms with Gasteiger partial charge in [0.15, 0.2) is 0 Å². The van der Waals surface area contributed by atoms with Crippen LogP contribution >= 0.6 is 0 Å². The van der Waals surface area contributed by atoms with Crippen LogP contribution in [0.4, 0.5) is 0 Å². The fourth-order valence-corrected chi connectivity index (χ4v) is 2.52. The molecule has 0 radical (unpaired) electrons. The molecule has 1 aromatic carbocycles. The van der Waals surface area contributed by atoms with Crippen molar-refractivity contribution in [1.82, 2.24) is 5.32 Å². The number of rotatable bonds is 11. The first-order valence-corrected chi connectivity index (χ1v) is 8.28. The molecular weight excluding hydrogens is 258 g/mol. The Morgan fingerprint density at radius 2 is 2.05 bits per heavy atom. The van der Waals surface area contributed by atoms with Crippen molar-refractivity contribution >= 4 is 0 Å². The van der Waals surface area contributed by atoms with Crippen LogP contribution in [0.2, 0.25) is 0 Å². The van der Waals surface area contributed by atoms with Crippen LogP contribution in [0.25, 0.3) is 0 Å². The van der Waals surface area contributed by atoms with Gasteiger partial charge in [-0.15, -0.1) is 6.58 Å². The van der Waals surface area contributed by atoms with Gasteiger partial charge in [0, 0.05) is 6.04 Å². The molecule has 0 fully saturated rings. The zero-order valence-electron chi connectivity index (χ0n) is 13.9. The maximum absolute atomic E-state index is 5.80. The van der Waals surface area contributed by atoms with Crippen LogP contribution in [0.1, 0.15) is 64.5 Å². The summed E-state index contributed by atoms with van der Waals surface area (Å²) in [6, 6.07) is 8.93. The summed E-state index contributed by atoms with van der Waals surface area (Å²) in [5.41, 5.74) is 1.33. The largest absolute Gasteiger partial charge is 0.491 e. The van der Waals surface area contributed by atoms with Crippen LogP contribution in [0, 0.1) is 0 Å². The number of hydrogen-bond acceptors (Lipinski definition) is 2. The van der Waals surface area contributed by atoms with E-state index in [-0.39, 0.29) is 6.10 Å². The molecule has 1 N–H and O–H groups in total. The molecule has 0 spiro atoms. The van der Waals surface area contributed by atoms with E-state index in [9.17, 15) is 0 Å². The fraction of sp³-hybridized carbons (Fsp3) is 0.579. The average molecular weight is 289 g/mol. The third-order valence-electron chi connectivity index (χ3n) is 3.48. The molecule has 0 aliphatic heterocycles. The molecule has 1 rings (SSSR count). The lowest BCUT2D eigenvalue weighted by Crippen LogP contribution is -2.21. The first kappa shape index (κ1) is 17.8. The molecule has 2 nitrogen and oxygen atoms in total. The van der Waals surface area contributed by atoms with E-state index in [0.29, 0.717) is 6.04 Å². The Balaban J connectivity index is 2.59. The minimum atomic E-state index is 0.219. The molecule has 1 unspecified atom stereocenters. The average Bonchev–Trinajstić information content (AvgIpc) is 2.45. The quantitative estimate of drug-likeness (QED) is 0.443. The Morgan fingerprint density at radius 1 is 1.24 bits per heavy atom. The summed E-state index contributed by atoms with van der Waals surface area (Å²) in [5, 5.41) is 3.59. The SMILES string of the molecule is C=CCCCCCC(NCC)c1cccc(OC(C)C)c1. The summed E-state index contributed by atoms with van der Waals surface area (Å²) in [4.78, 5) is 0. The number of allylic oxidation sites excluding steroid dienone is 1. The maximum atomic E-state index is 5.80. The van der Waals surface area contributed by atoms with Crippen LogP contribution in [-0.4, -0.2) is 12.6 Å². The number of ether oxygens (including phenoxy) is 1. The Bertz CT molecular complexity index is 400. The summed E-state index contributed by atoms with van der Waals surface area (Å²) >= 11 is 0. The number of benzene rings is 1. The van der Waals surface area contributed by atoms with Crippen LogP contribution in [0.3, 0.4) is 0 Å². The molecule has 2 heteroatoms. The van der Waals surface area contributed by atoms with Crippen molar-refractivity contribution in [1.29, 1.82) is 0 Å². The molecule has 1 atom stereocenters. The topological polar surface area (TPSA) is 21.3 Å². The predicted molar refractivity (Wildman–Crippen MR) is 91.9 cm³/mol. The molecule has 1 aromatic rings. The molecule has 0 aliphatic rings. The summed E-state index contributed by atoms with van der Waals surface area (Å²) in [5.74, 6) is 0.970. The van der Waals surface area contributed by atoms with E-state index in [2.05, 4.69) is 50.9 Å². The van der Waals surface area contributed by atoms with Gasteiger partial charge in [0.2, 0.25) is 0 Å². The minimum absolute atomic E-state index is 0.219. The molecule has 0 heterocycles. The second kappa shape index (κ2) is 10.4. The predicted octanol–water partition coefficient (Wildman–Crippen LogP) is 5.26. The van der Waals surface area contributed by atoms with E-state index in [1.807, 2.05) is 12.1 Å². The van der Waals surface area contributed by atoms with Crippen molar-refractivity contribution in [3.63, 3.8) is 0 Å². The highest BCUT2D eigenvalue weighted by Crippen LogP contribution is 2.24. The summed E-state index contributed by atoms with van der Waals surface area (Å²) in [6.07, 6.45) is 8.31. The van der Waals surface area contributed by atoms with Crippen molar-refractivity contribution < 1.29 is 4.74 Å². The Labute approximate surface area is 130 Å². The van der Waals surface area contributed by atoms with Crippen molar-refractivity contribution in [2.75, 3.05) is 6.54 Å². The van der Waals surface area contributed by atoms with E-state index < -0.39 is 0 Å². The minimum Gasteiger partial charge on any atom is -0.491 e. The highest BCUT2D eigenvalue weighted by molar-refractivity contribution is 5.30. The zero-order valence-corrected chi connectivity index (χ0v) is 13.9. The molecule has 0 saturated heterocycles. The zero-order chi connectivity index (χ0) is 15.5. The van der Waals surface area contributed by atoms with Gasteiger partial charge in [0.1, 0.15) is 5.75 Å². The van der Waals surface area contributed by atoms with Crippen molar-refractivity contribution in [2.45, 2.75) is 65.0 Å². The monoisotopic (exact) mass is 289 g/mol. The number of hydrogen-bond donors (Lipinski definition) is 1. The van der Waals surface area contributed by atoms with E-state index in [0.717, 1.165) is 18.7 Å². The third-order valence-corrected chi connectivity index (χ3v) is 3.48. The Kier molecular flexibility index (Phi) is 8.84. The molecule has 0 bridgehead atoms. The van der Waals surface area contributed by atoms with Gasteiger partial charge in [-0.2, -0.15) is 0 Å². The molecule has 21 heavy (non-hydrogen) atoms. The first-order chi connectivity index (χ1) is 10.2. The second-order valence-electron chi connectivity index (χ2n) is 5.78. The van der Waals surface area contributed by atoms with Gasteiger partial charge in [-0.05, 0) is 57.4 Å². The summed E-state index contributed by atoms with van der Waals surface area (Å²) < 4.78 is 5.80.